The molecule has 126 valence electrons. The quantitative estimate of drug-likeness (QED) is 0.829. The number of rotatable bonds is 3. The van der Waals surface area contributed by atoms with Gasteiger partial charge in [-0.15, -0.1) is 0 Å². The molecule has 3 heterocycles. The average molecular weight is 313 g/mol. The molecule has 0 aromatic heterocycles. The Hall–Kier alpha value is -0.240. The van der Waals surface area contributed by atoms with Crippen molar-refractivity contribution in [3.05, 3.63) is 0 Å². The van der Waals surface area contributed by atoms with Gasteiger partial charge in [0.2, 0.25) is 0 Å². The van der Waals surface area contributed by atoms with Gasteiger partial charge in [0, 0.05) is 44.5 Å². The van der Waals surface area contributed by atoms with Crippen LogP contribution in [0.1, 0.15) is 32.1 Å². The molecule has 0 radical (unpaired) electrons. The van der Waals surface area contributed by atoms with E-state index in [1.54, 1.807) is 0 Å². The number of nitrogens with zero attached hydrogens (tertiary/aromatic N) is 1. The molecule has 0 aromatic carbocycles. The van der Waals surface area contributed by atoms with Crippen molar-refractivity contribution < 1.29 is 24.1 Å². The van der Waals surface area contributed by atoms with E-state index in [1.807, 2.05) is 0 Å². The van der Waals surface area contributed by atoms with E-state index in [2.05, 4.69) is 4.90 Å². The number of fused-ring (bicyclic) bond motifs is 1. The Kier molecular flexibility index (Phi) is 4.66. The van der Waals surface area contributed by atoms with E-state index in [0.717, 1.165) is 58.6 Å². The third-order valence-corrected chi connectivity index (χ3v) is 5.50. The first-order valence-corrected chi connectivity index (χ1v) is 8.73. The molecule has 6 atom stereocenters. The molecule has 3 saturated heterocycles. The van der Waals surface area contributed by atoms with Gasteiger partial charge < -0.3 is 24.1 Å². The Morgan fingerprint density at radius 3 is 2.68 bits per heavy atom. The summed E-state index contributed by atoms with van der Waals surface area (Å²) in [6.07, 6.45) is 4.49. The second-order valence-electron chi connectivity index (χ2n) is 6.87. The molecule has 4 fully saturated rings. The highest BCUT2D eigenvalue weighted by Crippen LogP contribution is 2.43. The van der Waals surface area contributed by atoms with Crippen LogP contribution in [-0.2, 0) is 18.9 Å². The molecule has 0 aromatic rings. The lowest BCUT2D eigenvalue weighted by Gasteiger charge is -2.39. The zero-order valence-electron chi connectivity index (χ0n) is 13.1. The topological polar surface area (TPSA) is 60.4 Å². The summed E-state index contributed by atoms with van der Waals surface area (Å²) < 4.78 is 23.3. The lowest BCUT2D eigenvalue weighted by atomic mass is 9.97. The smallest absolute Gasteiger partial charge is 0.158 e. The fourth-order valence-corrected chi connectivity index (χ4v) is 4.51. The highest BCUT2D eigenvalue weighted by atomic mass is 16.7. The maximum Gasteiger partial charge on any atom is 0.158 e. The summed E-state index contributed by atoms with van der Waals surface area (Å²) in [7, 11) is 0. The minimum atomic E-state index is -0.606. The van der Waals surface area contributed by atoms with E-state index < -0.39 is 6.29 Å². The van der Waals surface area contributed by atoms with Crippen LogP contribution >= 0.6 is 0 Å². The SMILES string of the molecule is OC1C[C@H]2C(N3CCOCC3)[C@@H](OC3CCCCO3)C[C@H]2O1. The zero-order valence-corrected chi connectivity index (χ0v) is 13.1. The molecule has 1 N–H and O–H groups in total. The summed E-state index contributed by atoms with van der Waals surface area (Å²) in [6, 6.07) is 0.316. The number of aliphatic hydroxyl groups is 1. The first-order valence-electron chi connectivity index (χ1n) is 8.73. The normalized spacial score (nSPS) is 46.8. The minimum Gasteiger partial charge on any atom is -0.379 e. The first-order chi connectivity index (χ1) is 10.8. The van der Waals surface area contributed by atoms with Crippen LogP contribution in [0, 0.1) is 5.92 Å². The maximum atomic E-state index is 9.83. The van der Waals surface area contributed by atoms with Crippen LogP contribution in [0.25, 0.3) is 0 Å². The standard InChI is InChI=1S/C16H27NO5/c18-14-9-11-12(21-14)10-13(22-15-3-1-2-6-20-15)16(11)17-4-7-19-8-5-17/h11-16,18H,1-10H2/t11-,12-,13+,14?,15?,16?/m1/s1. The summed E-state index contributed by atoms with van der Waals surface area (Å²) in [5.41, 5.74) is 0. The molecule has 0 bridgehead atoms. The van der Waals surface area contributed by atoms with Gasteiger partial charge in [-0.25, -0.2) is 0 Å². The van der Waals surface area contributed by atoms with Gasteiger partial charge in [0.15, 0.2) is 12.6 Å². The molecular weight excluding hydrogens is 286 g/mol. The molecule has 6 nitrogen and oxygen atoms in total. The van der Waals surface area contributed by atoms with Gasteiger partial charge in [0.25, 0.3) is 0 Å². The van der Waals surface area contributed by atoms with Crippen molar-refractivity contribution in [3.8, 4) is 0 Å². The predicted molar refractivity (Wildman–Crippen MR) is 78.2 cm³/mol. The molecule has 3 unspecified atom stereocenters. The van der Waals surface area contributed by atoms with Gasteiger partial charge >= 0.3 is 0 Å². The van der Waals surface area contributed by atoms with Gasteiger partial charge in [-0.2, -0.15) is 0 Å². The van der Waals surface area contributed by atoms with Gasteiger partial charge in [-0.3, -0.25) is 4.90 Å². The third-order valence-electron chi connectivity index (χ3n) is 5.50. The van der Waals surface area contributed by atoms with E-state index >= 15 is 0 Å². The molecule has 22 heavy (non-hydrogen) atoms. The van der Waals surface area contributed by atoms with Crippen LogP contribution in [0.15, 0.2) is 0 Å². The monoisotopic (exact) mass is 313 g/mol. The van der Waals surface area contributed by atoms with E-state index in [-0.39, 0.29) is 18.5 Å². The number of aliphatic hydroxyl groups excluding tert-OH is 1. The second kappa shape index (κ2) is 6.71. The molecular formula is C16H27NO5. The van der Waals surface area contributed by atoms with Gasteiger partial charge in [-0.05, 0) is 19.3 Å². The Morgan fingerprint density at radius 1 is 1.05 bits per heavy atom. The summed E-state index contributed by atoms with van der Waals surface area (Å²) in [6.45, 7) is 4.25. The van der Waals surface area contributed by atoms with Crippen LogP contribution in [0.2, 0.25) is 0 Å². The number of hydrogen-bond donors (Lipinski definition) is 1. The van der Waals surface area contributed by atoms with Crippen LogP contribution in [-0.4, -0.2) is 73.7 Å². The summed E-state index contributed by atoms with van der Waals surface area (Å²) in [5.74, 6) is 0.363. The van der Waals surface area contributed by atoms with E-state index in [9.17, 15) is 5.11 Å². The van der Waals surface area contributed by atoms with Crippen LogP contribution in [0.5, 0.6) is 0 Å². The van der Waals surface area contributed by atoms with Crippen molar-refractivity contribution >= 4 is 0 Å². The van der Waals surface area contributed by atoms with Crippen molar-refractivity contribution in [1.29, 1.82) is 0 Å². The van der Waals surface area contributed by atoms with E-state index in [1.165, 1.54) is 6.42 Å². The van der Waals surface area contributed by atoms with E-state index in [0.29, 0.717) is 12.0 Å². The van der Waals surface area contributed by atoms with Crippen molar-refractivity contribution in [1.82, 2.24) is 4.90 Å². The van der Waals surface area contributed by atoms with Crippen molar-refractivity contribution in [2.75, 3.05) is 32.9 Å². The highest BCUT2D eigenvalue weighted by molar-refractivity contribution is 5.02. The van der Waals surface area contributed by atoms with Gasteiger partial charge in [0.05, 0.1) is 25.4 Å². The largest absolute Gasteiger partial charge is 0.379 e. The fraction of sp³-hybridized carbons (Fsp3) is 1.00. The Labute approximate surface area is 131 Å². The Balaban J connectivity index is 1.46. The van der Waals surface area contributed by atoms with Crippen molar-refractivity contribution in [2.45, 2.75) is 62.9 Å². The van der Waals surface area contributed by atoms with Crippen molar-refractivity contribution in [3.63, 3.8) is 0 Å². The van der Waals surface area contributed by atoms with Crippen LogP contribution in [0.4, 0.5) is 0 Å². The number of morpholine rings is 1. The zero-order chi connectivity index (χ0) is 14.9. The third kappa shape index (κ3) is 3.05. The van der Waals surface area contributed by atoms with Crippen LogP contribution in [0.3, 0.4) is 0 Å². The summed E-state index contributed by atoms with van der Waals surface area (Å²) >= 11 is 0. The van der Waals surface area contributed by atoms with Gasteiger partial charge in [-0.1, -0.05) is 0 Å². The molecule has 6 heteroatoms. The average Bonchev–Trinajstić information content (AvgIpc) is 3.04. The lowest BCUT2D eigenvalue weighted by molar-refractivity contribution is -0.203. The first kappa shape index (κ1) is 15.3. The lowest BCUT2D eigenvalue weighted by Crippen LogP contribution is -2.51. The molecule has 4 rings (SSSR count). The molecule has 0 spiro atoms. The number of ether oxygens (including phenoxy) is 4. The molecule has 4 aliphatic rings. The second-order valence-corrected chi connectivity index (χ2v) is 6.87. The summed E-state index contributed by atoms with van der Waals surface area (Å²) in [5, 5.41) is 9.83. The molecule has 3 aliphatic heterocycles. The molecule has 0 amide bonds. The van der Waals surface area contributed by atoms with Crippen molar-refractivity contribution in [2.24, 2.45) is 5.92 Å². The predicted octanol–water partition coefficient (Wildman–Crippen LogP) is 0.726. The van der Waals surface area contributed by atoms with Gasteiger partial charge in [0.1, 0.15) is 0 Å². The Bertz CT molecular complexity index is 370. The Morgan fingerprint density at radius 2 is 1.91 bits per heavy atom. The highest BCUT2D eigenvalue weighted by Gasteiger charge is 2.52. The fourth-order valence-electron chi connectivity index (χ4n) is 4.51. The van der Waals surface area contributed by atoms with Crippen LogP contribution < -0.4 is 0 Å². The molecule has 1 aliphatic carbocycles. The minimum absolute atomic E-state index is 0.0639. The van der Waals surface area contributed by atoms with E-state index in [4.69, 9.17) is 18.9 Å². The number of hydrogen-bond acceptors (Lipinski definition) is 6. The maximum absolute atomic E-state index is 9.83. The molecule has 1 saturated carbocycles. The summed E-state index contributed by atoms with van der Waals surface area (Å²) in [4.78, 5) is 2.48.